The van der Waals surface area contributed by atoms with Gasteiger partial charge in [0.2, 0.25) is 21.9 Å². The molecular formula is C18H18ClN5O3S. The van der Waals surface area contributed by atoms with E-state index in [4.69, 9.17) is 21.5 Å². The molecule has 0 bridgehead atoms. The fourth-order valence-corrected chi connectivity index (χ4v) is 3.18. The van der Waals surface area contributed by atoms with Crippen LogP contribution in [0.3, 0.4) is 0 Å². The molecule has 3 rings (SSSR count). The third-order valence-corrected chi connectivity index (χ3v) is 4.67. The van der Waals surface area contributed by atoms with Crippen LogP contribution < -0.4 is 15.2 Å². The van der Waals surface area contributed by atoms with Crippen molar-refractivity contribution in [1.29, 1.82) is 0 Å². The molecule has 28 heavy (non-hydrogen) atoms. The van der Waals surface area contributed by atoms with Crippen LogP contribution in [0.1, 0.15) is 24.1 Å². The average molecular weight is 420 g/mol. The summed E-state index contributed by atoms with van der Waals surface area (Å²) < 4.78 is 28.0. The van der Waals surface area contributed by atoms with Crippen molar-refractivity contribution in [1.82, 2.24) is 15.0 Å². The third-order valence-electron chi connectivity index (χ3n) is 3.74. The molecule has 146 valence electrons. The van der Waals surface area contributed by atoms with Crippen molar-refractivity contribution in [3.05, 3.63) is 71.1 Å². The zero-order valence-corrected chi connectivity index (χ0v) is 16.5. The van der Waals surface area contributed by atoms with E-state index in [1.807, 2.05) is 13.0 Å². The monoisotopic (exact) mass is 419 g/mol. The predicted molar refractivity (Wildman–Crippen MR) is 107 cm³/mol. The summed E-state index contributed by atoms with van der Waals surface area (Å²) >= 11 is 5.79. The van der Waals surface area contributed by atoms with E-state index >= 15 is 0 Å². The third kappa shape index (κ3) is 5.88. The second-order valence-electron chi connectivity index (χ2n) is 6.07. The van der Waals surface area contributed by atoms with E-state index in [1.165, 1.54) is 12.4 Å². The van der Waals surface area contributed by atoms with Gasteiger partial charge in [0.25, 0.3) is 0 Å². The molecule has 0 aliphatic heterocycles. The van der Waals surface area contributed by atoms with Crippen LogP contribution in [-0.2, 0) is 15.8 Å². The molecule has 2 heterocycles. The Morgan fingerprint density at radius 1 is 1.14 bits per heavy atom. The SMILES string of the molecule is CC(Nc1ncc(Cl)cn1)c1ccnc(Oc2ccc(CS(N)(=O)=O)cc2)c1. The van der Waals surface area contributed by atoms with Gasteiger partial charge in [0.15, 0.2) is 0 Å². The lowest BCUT2D eigenvalue weighted by molar-refractivity contribution is 0.461. The van der Waals surface area contributed by atoms with Gasteiger partial charge in [-0.05, 0) is 36.2 Å². The van der Waals surface area contributed by atoms with Gasteiger partial charge >= 0.3 is 0 Å². The molecule has 0 saturated carbocycles. The van der Waals surface area contributed by atoms with E-state index in [2.05, 4.69) is 20.3 Å². The van der Waals surface area contributed by atoms with Crippen molar-refractivity contribution >= 4 is 27.6 Å². The molecule has 3 N–H and O–H groups in total. The second-order valence-corrected chi connectivity index (χ2v) is 8.12. The molecule has 1 aromatic carbocycles. The summed E-state index contributed by atoms with van der Waals surface area (Å²) in [4.78, 5) is 12.4. The van der Waals surface area contributed by atoms with Crippen LogP contribution in [0.2, 0.25) is 5.02 Å². The fraction of sp³-hybridized carbons (Fsp3) is 0.167. The van der Waals surface area contributed by atoms with Crippen molar-refractivity contribution in [2.45, 2.75) is 18.7 Å². The summed E-state index contributed by atoms with van der Waals surface area (Å²) in [5.41, 5.74) is 1.51. The van der Waals surface area contributed by atoms with E-state index in [0.29, 0.717) is 28.2 Å². The quantitative estimate of drug-likeness (QED) is 0.602. The minimum Gasteiger partial charge on any atom is -0.439 e. The largest absolute Gasteiger partial charge is 0.439 e. The van der Waals surface area contributed by atoms with E-state index in [1.54, 1.807) is 36.5 Å². The van der Waals surface area contributed by atoms with E-state index < -0.39 is 10.0 Å². The number of ether oxygens (including phenoxy) is 1. The number of sulfonamides is 1. The zero-order valence-electron chi connectivity index (χ0n) is 14.9. The molecule has 0 spiro atoms. The summed E-state index contributed by atoms with van der Waals surface area (Å²) in [5.74, 6) is 1.17. The van der Waals surface area contributed by atoms with E-state index in [0.717, 1.165) is 5.56 Å². The Morgan fingerprint density at radius 3 is 2.46 bits per heavy atom. The van der Waals surface area contributed by atoms with Crippen LogP contribution in [-0.4, -0.2) is 23.4 Å². The fourth-order valence-electron chi connectivity index (χ4n) is 2.42. The number of pyridine rings is 1. The van der Waals surface area contributed by atoms with Crippen LogP contribution in [0.15, 0.2) is 55.0 Å². The number of aromatic nitrogens is 3. The van der Waals surface area contributed by atoms with Gasteiger partial charge in [-0.15, -0.1) is 0 Å². The predicted octanol–water partition coefficient (Wildman–Crippen LogP) is 3.28. The summed E-state index contributed by atoms with van der Waals surface area (Å²) in [7, 11) is -3.57. The number of primary sulfonamides is 1. The zero-order chi connectivity index (χ0) is 20.1. The minimum absolute atomic E-state index is 0.0938. The molecule has 2 aromatic heterocycles. The van der Waals surface area contributed by atoms with Gasteiger partial charge in [0.1, 0.15) is 5.75 Å². The number of nitrogens with zero attached hydrogens (tertiary/aromatic N) is 3. The van der Waals surface area contributed by atoms with Gasteiger partial charge < -0.3 is 10.1 Å². The second kappa shape index (κ2) is 8.51. The maximum absolute atomic E-state index is 11.1. The minimum atomic E-state index is -3.57. The summed E-state index contributed by atoms with van der Waals surface area (Å²) in [5, 5.41) is 8.68. The average Bonchev–Trinajstić information content (AvgIpc) is 2.64. The highest BCUT2D eigenvalue weighted by molar-refractivity contribution is 7.88. The van der Waals surface area contributed by atoms with Gasteiger partial charge in [-0.3, -0.25) is 0 Å². The van der Waals surface area contributed by atoms with E-state index in [9.17, 15) is 8.42 Å². The maximum Gasteiger partial charge on any atom is 0.223 e. The van der Waals surface area contributed by atoms with E-state index in [-0.39, 0.29) is 11.8 Å². The van der Waals surface area contributed by atoms with Gasteiger partial charge in [0, 0.05) is 12.3 Å². The Hall–Kier alpha value is -2.75. The number of nitrogens with two attached hydrogens (primary N) is 1. The number of hydrogen-bond donors (Lipinski definition) is 2. The normalized spacial score (nSPS) is 12.4. The lowest BCUT2D eigenvalue weighted by Crippen LogP contribution is -2.14. The van der Waals surface area contributed by atoms with Crippen LogP contribution >= 0.6 is 11.6 Å². The van der Waals surface area contributed by atoms with Crippen molar-refractivity contribution in [3.8, 4) is 11.6 Å². The lowest BCUT2D eigenvalue weighted by Gasteiger charge is -2.15. The Bertz CT molecular complexity index is 1040. The highest BCUT2D eigenvalue weighted by atomic mass is 35.5. The molecular weight excluding hydrogens is 402 g/mol. The summed E-state index contributed by atoms with van der Waals surface area (Å²) in [6.07, 6.45) is 4.68. The first-order valence-electron chi connectivity index (χ1n) is 8.26. The molecule has 0 radical (unpaired) electrons. The maximum atomic E-state index is 11.1. The first-order chi connectivity index (χ1) is 13.3. The topological polar surface area (TPSA) is 120 Å². The van der Waals surface area contributed by atoms with Crippen LogP contribution in [0.5, 0.6) is 11.6 Å². The Labute approximate surface area is 167 Å². The van der Waals surface area contributed by atoms with Crippen molar-refractivity contribution < 1.29 is 13.2 Å². The first kappa shape index (κ1) is 20.0. The van der Waals surface area contributed by atoms with Crippen molar-refractivity contribution in [3.63, 3.8) is 0 Å². The molecule has 1 atom stereocenters. The molecule has 10 heteroatoms. The van der Waals surface area contributed by atoms with Crippen LogP contribution in [0.25, 0.3) is 0 Å². The number of rotatable bonds is 7. The highest BCUT2D eigenvalue weighted by Gasteiger charge is 2.10. The number of anilines is 1. The smallest absolute Gasteiger partial charge is 0.223 e. The standard InChI is InChI=1S/C18H18ClN5O3S/c1-12(24-18-22-9-15(19)10-23-18)14-6-7-21-17(8-14)27-16-4-2-13(3-5-16)11-28(20,25)26/h2-10,12H,11H2,1H3,(H2,20,25,26)(H,22,23,24). The van der Waals surface area contributed by atoms with Gasteiger partial charge in [-0.25, -0.2) is 28.5 Å². The molecule has 0 aliphatic rings. The van der Waals surface area contributed by atoms with Crippen molar-refractivity contribution in [2.24, 2.45) is 5.14 Å². The summed E-state index contributed by atoms with van der Waals surface area (Å²) in [6, 6.07) is 10.2. The van der Waals surface area contributed by atoms with Crippen LogP contribution in [0, 0.1) is 0 Å². The first-order valence-corrected chi connectivity index (χ1v) is 10.4. The number of hydrogen-bond acceptors (Lipinski definition) is 7. The van der Waals surface area contributed by atoms with Crippen LogP contribution in [0.4, 0.5) is 5.95 Å². The number of halogens is 1. The summed E-state index contributed by atoms with van der Waals surface area (Å²) in [6.45, 7) is 1.96. The van der Waals surface area contributed by atoms with Gasteiger partial charge in [0.05, 0.1) is 29.2 Å². The Morgan fingerprint density at radius 2 is 1.82 bits per heavy atom. The molecule has 8 nitrogen and oxygen atoms in total. The molecule has 1 unspecified atom stereocenters. The number of nitrogens with one attached hydrogen (secondary N) is 1. The number of benzene rings is 1. The highest BCUT2D eigenvalue weighted by Crippen LogP contribution is 2.24. The molecule has 0 aliphatic carbocycles. The van der Waals surface area contributed by atoms with Crippen molar-refractivity contribution in [2.75, 3.05) is 5.32 Å². The lowest BCUT2D eigenvalue weighted by atomic mass is 10.1. The Balaban J connectivity index is 1.68. The molecule has 0 fully saturated rings. The molecule has 3 aromatic rings. The molecule has 0 saturated heterocycles. The van der Waals surface area contributed by atoms with Gasteiger partial charge in [-0.2, -0.15) is 0 Å². The van der Waals surface area contributed by atoms with Gasteiger partial charge in [-0.1, -0.05) is 23.7 Å². The Kier molecular flexibility index (Phi) is 6.08. The molecule has 0 amide bonds.